The maximum absolute atomic E-state index is 13.0. The van der Waals surface area contributed by atoms with Gasteiger partial charge in [-0.3, -0.25) is 9.59 Å². The van der Waals surface area contributed by atoms with Crippen LogP contribution < -0.4 is 11.1 Å². The topological polar surface area (TPSA) is 75.4 Å². The number of nitrogens with one attached hydrogen (secondary N) is 1. The number of carbonyl (C=O) groups is 2. The molecule has 1 aliphatic rings. The van der Waals surface area contributed by atoms with Gasteiger partial charge in [0.25, 0.3) is 0 Å². The Morgan fingerprint density at radius 1 is 1.29 bits per heavy atom. The molecule has 0 aromatic heterocycles. The van der Waals surface area contributed by atoms with Gasteiger partial charge >= 0.3 is 0 Å². The minimum absolute atomic E-state index is 0.0338. The van der Waals surface area contributed by atoms with E-state index in [1.165, 1.54) is 0 Å². The van der Waals surface area contributed by atoms with Crippen molar-refractivity contribution in [3.8, 4) is 0 Å². The molecule has 24 heavy (non-hydrogen) atoms. The van der Waals surface area contributed by atoms with E-state index in [1.54, 1.807) is 11.8 Å². The lowest BCUT2D eigenvalue weighted by molar-refractivity contribution is -0.142. The van der Waals surface area contributed by atoms with Crippen LogP contribution in [0.25, 0.3) is 0 Å². The van der Waals surface area contributed by atoms with Crippen molar-refractivity contribution in [2.75, 3.05) is 18.4 Å². The van der Waals surface area contributed by atoms with E-state index in [-0.39, 0.29) is 23.7 Å². The second-order valence-corrected chi connectivity index (χ2v) is 6.60. The Kier molecular flexibility index (Phi) is 6.79. The predicted octanol–water partition coefficient (Wildman–Crippen LogP) is 2.63. The van der Waals surface area contributed by atoms with E-state index in [1.807, 2.05) is 37.3 Å². The normalized spacial score (nSPS) is 21.3. The molecule has 1 aromatic rings. The number of rotatable bonds is 7. The summed E-state index contributed by atoms with van der Waals surface area (Å²) in [7, 11) is 0. The molecule has 1 saturated carbocycles. The number of carbonyl (C=O) groups excluding carboxylic acids is 2. The molecule has 0 spiro atoms. The van der Waals surface area contributed by atoms with Crippen molar-refractivity contribution in [2.45, 2.75) is 45.6 Å². The van der Waals surface area contributed by atoms with Gasteiger partial charge in [0.2, 0.25) is 11.8 Å². The van der Waals surface area contributed by atoms with Crippen molar-refractivity contribution in [3.05, 3.63) is 30.3 Å². The summed E-state index contributed by atoms with van der Waals surface area (Å²) < 4.78 is 0. The van der Waals surface area contributed by atoms with Crippen LogP contribution in [0.5, 0.6) is 0 Å². The fourth-order valence-electron chi connectivity index (χ4n) is 3.50. The molecule has 2 amide bonds. The maximum Gasteiger partial charge on any atom is 0.246 e. The Labute approximate surface area is 144 Å². The van der Waals surface area contributed by atoms with E-state index in [2.05, 4.69) is 5.32 Å². The molecule has 3 N–H and O–H groups in total. The largest absolute Gasteiger partial charge is 0.331 e. The number of benzene rings is 1. The van der Waals surface area contributed by atoms with Crippen LogP contribution in [0.4, 0.5) is 5.69 Å². The monoisotopic (exact) mass is 331 g/mol. The molecular formula is C19H29N3O2. The number of nitrogens with two attached hydrogens (primary N) is 1. The van der Waals surface area contributed by atoms with E-state index >= 15 is 0 Å². The average Bonchev–Trinajstić information content (AvgIpc) is 3.08. The summed E-state index contributed by atoms with van der Waals surface area (Å²) in [5.74, 6) is 0.153. The molecule has 3 atom stereocenters. The summed E-state index contributed by atoms with van der Waals surface area (Å²) in [5.41, 5.74) is 6.57. The van der Waals surface area contributed by atoms with Crippen molar-refractivity contribution >= 4 is 17.5 Å². The molecule has 5 nitrogen and oxygen atoms in total. The molecule has 0 bridgehead atoms. The van der Waals surface area contributed by atoms with Gasteiger partial charge in [-0.2, -0.15) is 0 Å². The second kappa shape index (κ2) is 8.83. The fraction of sp³-hybridized carbons (Fsp3) is 0.579. The molecule has 0 aliphatic heterocycles. The Hall–Kier alpha value is -1.88. The highest BCUT2D eigenvalue weighted by Crippen LogP contribution is 2.33. The third-order valence-corrected chi connectivity index (χ3v) is 4.91. The first-order valence-electron chi connectivity index (χ1n) is 8.95. The van der Waals surface area contributed by atoms with Crippen molar-refractivity contribution in [1.29, 1.82) is 0 Å². The minimum atomic E-state index is -0.489. The van der Waals surface area contributed by atoms with E-state index in [0.29, 0.717) is 13.1 Å². The van der Waals surface area contributed by atoms with Crippen LogP contribution in [0.2, 0.25) is 0 Å². The zero-order valence-corrected chi connectivity index (χ0v) is 14.7. The highest BCUT2D eigenvalue weighted by Gasteiger charge is 2.37. The van der Waals surface area contributed by atoms with Gasteiger partial charge in [-0.25, -0.2) is 0 Å². The minimum Gasteiger partial charge on any atom is -0.331 e. The molecule has 0 radical (unpaired) electrons. The lowest BCUT2D eigenvalue weighted by atomic mass is 9.94. The number of anilines is 1. The Morgan fingerprint density at radius 3 is 2.62 bits per heavy atom. The number of para-hydroxylation sites is 1. The van der Waals surface area contributed by atoms with Crippen LogP contribution in [-0.4, -0.2) is 35.8 Å². The first-order valence-corrected chi connectivity index (χ1v) is 8.95. The molecule has 0 heterocycles. The third-order valence-electron chi connectivity index (χ3n) is 4.91. The summed E-state index contributed by atoms with van der Waals surface area (Å²) in [4.78, 5) is 27.3. The summed E-state index contributed by atoms with van der Waals surface area (Å²) in [6.45, 7) is 4.96. The van der Waals surface area contributed by atoms with Gasteiger partial charge in [0.15, 0.2) is 0 Å². The Morgan fingerprint density at radius 2 is 2.00 bits per heavy atom. The molecule has 0 saturated heterocycles. The third kappa shape index (κ3) is 4.35. The van der Waals surface area contributed by atoms with Crippen LogP contribution >= 0.6 is 0 Å². The Bertz CT molecular complexity index is 547. The predicted molar refractivity (Wildman–Crippen MR) is 96.4 cm³/mol. The summed E-state index contributed by atoms with van der Waals surface area (Å²) in [6.07, 6.45) is 3.77. The molecule has 1 unspecified atom stereocenters. The van der Waals surface area contributed by atoms with Crippen LogP contribution in [0.1, 0.15) is 39.5 Å². The first-order chi connectivity index (χ1) is 11.6. The van der Waals surface area contributed by atoms with Gasteiger partial charge in [-0.15, -0.1) is 0 Å². The highest BCUT2D eigenvalue weighted by molar-refractivity contribution is 5.97. The van der Waals surface area contributed by atoms with Crippen molar-refractivity contribution < 1.29 is 9.59 Å². The smallest absolute Gasteiger partial charge is 0.246 e. The second-order valence-electron chi connectivity index (χ2n) is 6.60. The van der Waals surface area contributed by atoms with Crippen LogP contribution in [-0.2, 0) is 9.59 Å². The number of hydrogen-bond donors (Lipinski definition) is 2. The molecular weight excluding hydrogens is 302 g/mol. The number of hydrogen-bond acceptors (Lipinski definition) is 3. The fourth-order valence-corrected chi connectivity index (χ4v) is 3.50. The number of nitrogens with zero attached hydrogens (tertiary/aromatic N) is 1. The lowest BCUT2D eigenvalue weighted by Gasteiger charge is -2.32. The standard InChI is InChI=1S/C19H29N3O2/c1-3-12-22(19(24)17-11-7-8-15(17)13-20)14(2)18(23)21-16-9-5-4-6-10-16/h4-6,9-10,14-15,17H,3,7-8,11-13,20H2,1-2H3,(H,21,23)/t14?,15-,17-/m1/s1. The van der Waals surface area contributed by atoms with Crippen molar-refractivity contribution in [3.63, 3.8) is 0 Å². The van der Waals surface area contributed by atoms with Gasteiger partial charge in [0, 0.05) is 18.2 Å². The van der Waals surface area contributed by atoms with Crippen molar-refractivity contribution in [2.24, 2.45) is 17.6 Å². The van der Waals surface area contributed by atoms with Gasteiger partial charge < -0.3 is 16.0 Å². The zero-order chi connectivity index (χ0) is 17.5. The SMILES string of the molecule is CCCN(C(=O)[C@@H]1CCC[C@@H]1CN)C(C)C(=O)Nc1ccccc1. The molecule has 1 fully saturated rings. The van der Waals surface area contributed by atoms with E-state index < -0.39 is 6.04 Å². The first kappa shape index (κ1) is 18.5. The van der Waals surface area contributed by atoms with E-state index in [9.17, 15) is 9.59 Å². The number of amides is 2. The van der Waals surface area contributed by atoms with E-state index in [4.69, 9.17) is 5.73 Å². The van der Waals surface area contributed by atoms with Gasteiger partial charge in [-0.1, -0.05) is 31.5 Å². The lowest BCUT2D eigenvalue weighted by Crippen LogP contribution is -2.49. The molecule has 1 aromatic carbocycles. The molecule has 5 heteroatoms. The average molecular weight is 331 g/mol. The maximum atomic E-state index is 13.0. The van der Waals surface area contributed by atoms with E-state index in [0.717, 1.165) is 31.4 Å². The molecule has 132 valence electrons. The van der Waals surface area contributed by atoms with Gasteiger partial charge in [0.05, 0.1) is 0 Å². The summed E-state index contributed by atoms with van der Waals surface area (Å²) in [5, 5.41) is 2.89. The summed E-state index contributed by atoms with van der Waals surface area (Å²) >= 11 is 0. The van der Waals surface area contributed by atoms with Crippen LogP contribution in [0, 0.1) is 11.8 Å². The molecule has 1 aliphatic carbocycles. The molecule has 2 rings (SSSR count). The Balaban J connectivity index is 2.07. The van der Waals surface area contributed by atoms with Gasteiger partial charge in [-0.05, 0) is 50.8 Å². The quantitative estimate of drug-likeness (QED) is 0.806. The van der Waals surface area contributed by atoms with Crippen LogP contribution in [0.3, 0.4) is 0 Å². The zero-order valence-electron chi connectivity index (χ0n) is 14.7. The highest BCUT2D eigenvalue weighted by atomic mass is 16.2. The van der Waals surface area contributed by atoms with Crippen molar-refractivity contribution in [1.82, 2.24) is 4.90 Å². The van der Waals surface area contributed by atoms with Gasteiger partial charge in [0.1, 0.15) is 6.04 Å². The van der Waals surface area contributed by atoms with Crippen LogP contribution in [0.15, 0.2) is 30.3 Å². The summed E-state index contributed by atoms with van der Waals surface area (Å²) in [6, 6.07) is 8.85.